The summed E-state index contributed by atoms with van der Waals surface area (Å²) in [5, 5.41) is 2.66. The first-order valence-corrected chi connectivity index (χ1v) is 7.24. The molecule has 2 rings (SSSR count). The van der Waals surface area contributed by atoms with E-state index in [1.807, 2.05) is 6.92 Å². The summed E-state index contributed by atoms with van der Waals surface area (Å²) in [7, 11) is 0. The highest BCUT2D eigenvalue weighted by atomic mass is 32.1. The van der Waals surface area contributed by atoms with Crippen molar-refractivity contribution >= 4 is 28.8 Å². The van der Waals surface area contributed by atoms with Crippen molar-refractivity contribution in [2.45, 2.75) is 39.0 Å². The van der Waals surface area contributed by atoms with Gasteiger partial charge in [-0.15, -0.1) is 0 Å². The predicted octanol–water partition coefficient (Wildman–Crippen LogP) is 3.31. The summed E-state index contributed by atoms with van der Waals surface area (Å²) in [5.41, 5.74) is 6.05. The highest BCUT2D eigenvalue weighted by molar-refractivity contribution is 7.80. The summed E-state index contributed by atoms with van der Waals surface area (Å²) >= 11 is 5.10. The van der Waals surface area contributed by atoms with E-state index in [1.165, 1.54) is 6.07 Å². The molecule has 1 aliphatic rings. The molecule has 1 aromatic rings. The van der Waals surface area contributed by atoms with Crippen molar-refractivity contribution in [1.82, 2.24) is 0 Å². The highest BCUT2D eigenvalue weighted by Crippen LogP contribution is 2.38. The lowest BCUT2D eigenvalue weighted by Gasteiger charge is -2.34. The Kier molecular flexibility index (Phi) is 4.38. The van der Waals surface area contributed by atoms with Gasteiger partial charge in [-0.1, -0.05) is 37.5 Å². The van der Waals surface area contributed by atoms with E-state index in [1.54, 1.807) is 12.1 Å². The van der Waals surface area contributed by atoms with Gasteiger partial charge in [0, 0.05) is 0 Å². The van der Waals surface area contributed by atoms with Crippen LogP contribution in [-0.4, -0.2) is 10.9 Å². The first-order chi connectivity index (χ1) is 9.45. The van der Waals surface area contributed by atoms with E-state index >= 15 is 0 Å². The Balaban J connectivity index is 2.25. The van der Waals surface area contributed by atoms with Crippen molar-refractivity contribution in [3.05, 3.63) is 29.6 Å². The minimum Gasteiger partial charge on any atom is -0.392 e. The van der Waals surface area contributed by atoms with Crippen molar-refractivity contribution in [2.75, 3.05) is 5.32 Å². The van der Waals surface area contributed by atoms with Crippen LogP contribution in [0.3, 0.4) is 0 Å². The van der Waals surface area contributed by atoms with Gasteiger partial charge in [0.1, 0.15) is 5.82 Å². The van der Waals surface area contributed by atoms with Gasteiger partial charge >= 0.3 is 0 Å². The molecule has 0 atom stereocenters. The van der Waals surface area contributed by atoms with E-state index in [2.05, 4.69) is 5.32 Å². The molecule has 3 nitrogen and oxygen atoms in total. The highest BCUT2D eigenvalue weighted by Gasteiger charge is 2.42. The van der Waals surface area contributed by atoms with Crippen molar-refractivity contribution in [1.29, 1.82) is 0 Å². The van der Waals surface area contributed by atoms with Crippen molar-refractivity contribution < 1.29 is 9.18 Å². The van der Waals surface area contributed by atoms with Gasteiger partial charge in [0.05, 0.1) is 16.1 Å². The molecule has 0 spiro atoms. The largest absolute Gasteiger partial charge is 0.392 e. The van der Waals surface area contributed by atoms with Crippen molar-refractivity contribution in [3.63, 3.8) is 0 Å². The minimum atomic E-state index is -0.830. The van der Waals surface area contributed by atoms with Crippen molar-refractivity contribution in [3.8, 4) is 0 Å². The maximum Gasteiger partial charge on any atom is 0.237 e. The number of carbonyl (C=O) groups excluding carboxylic acids is 1. The molecule has 0 aliphatic heterocycles. The van der Waals surface area contributed by atoms with Crippen LogP contribution in [0.5, 0.6) is 0 Å². The fourth-order valence-electron chi connectivity index (χ4n) is 2.72. The number of aryl methyl sites for hydroxylation is 1. The number of hydrogen-bond donors (Lipinski definition) is 2. The fraction of sp³-hybridized carbons (Fsp3) is 0.467. The van der Waals surface area contributed by atoms with Crippen LogP contribution < -0.4 is 11.1 Å². The zero-order valence-electron chi connectivity index (χ0n) is 11.5. The Morgan fingerprint density at radius 3 is 2.60 bits per heavy atom. The van der Waals surface area contributed by atoms with Crippen molar-refractivity contribution in [2.24, 2.45) is 11.1 Å². The molecule has 1 fully saturated rings. The van der Waals surface area contributed by atoms with E-state index in [0.717, 1.165) is 24.8 Å². The van der Waals surface area contributed by atoms with Crippen LogP contribution in [-0.2, 0) is 4.79 Å². The van der Waals surface area contributed by atoms with E-state index < -0.39 is 11.2 Å². The van der Waals surface area contributed by atoms with Gasteiger partial charge in [0.15, 0.2) is 0 Å². The van der Waals surface area contributed by atoms with E-state index in [4.69, 9.17) is 18.0 Å². The first kappa shape index (κ1) is 14.9. The van der Waals surface area contributed by atoms with E-state index in [0.29, 0.717) is 12.8 Å². The average molecular weight is 294 g/mol. The number of carbonyl (C=O) groups is 1. The molecule has 5 heteroatoms. The monoisotopic (exact) mass is 294 g/mol. The molecule has 0 aromatic heterocycles. The zero-order valence-corrected chi connectivity index (χ0v) is 12.4. The molecule has 0 bridgehead atoms. The molecule has 1 aliphatic carbocycles. The van der Waals surface area contributed by atoms with Gasteiger partial charge in [0.2, 0.25) is 5.91 Å². The third kappa shape index (κ3) is 2.82. The number of hydrogen-bond acceptors (Lipinski definition) is 2. The zero-order chi connectivity index (χ0) is 14.8. The molecule has 0 heterocycles. The summed E-state index contributed by atoms with van der Waals surface area (Å²) in [6.07, 6.45) is 4.20. The summed E-state index contributed by atoms with van der Waals surface area (Å²) in [6, 6.07) is 4.62. The number of nitrogens with one attached hydrogen (secondary N) is 1. The van der Waals surface area contributed by atoms with Gasteiger partial charge in [-0.05, 0) is 37.5 Å². The number of amides is 1. The summed E-state index contributed by atoms with van der Waals surface area (Å²) in [4.78, 5) is 12.8. The smallest absolute Gasteiger partial charge is 0.237 e. The van der Waals surface area contributed by atoms with Gasteiger partial charge in [-0.25, -0.2) is 4.39 Å². The third-order valence-corrected chi connectivity index (χ3v) is 4.37. The predicted molar refractivity (Wildman–Crippen MR) is 82.1 cm³/mol. The van der Waals surface area contributed by atoms with Gasteiger partial charge in [-0.3, -0.25) is 4.79 Å². The average Bonchev–Trinajstić information content (AvgIpc) is 2.43. The van der Waals surface area contributed by atoms with Crippen LogP contribution in [0.4, 0.5) is 10.1 Å². The number of halogens is 1. The number of rotatable bonds is 3. The molecule has 20 heavy (non-hydrogen) atoms. The molecular formula is C15H19FN2OS. The number of nitrogens with two attached hydrogens (primary N) is 1. The summed E-state index contributed by atoms with van der Waals surface area (Å²) in [5.74, 6) is -0.730. The quantitative estimate of drug-likeness (QED) is 0.841. The molecule has 0 saturated heterocycles. The molecule has 1 amide bonds. The molecule has 0 radical (unpaired) electrons. The number of thiocarbonyl (C=S) groups is 1. The molecule has 0 unspecified atom stereocenters. The Morgan fingerprint density at radius 2 is 2.00 bits per heavy atom. The first-order valence-electron chi connectivity index (χ1n) is 6.83. The molecule has 3 N–H and O–H groups in total. The van der Waals surface area contributed by atoms with E-state index in [-0.39, 0.29) is 16.6 Å². The Hall–Kier alpha value is -1.49. The summed E-state index contributed by atoms with van der Waals surface area (Å²) in [6.45, 7) is 1.85. The SMILES string of the molecule is Cc1ccc(F)c(NC(=O)C2(C(N)=S)CCCCC2)c1. The minimum absolute atomic E-state index is 0.191. The molecular weight excluding hydrogens is 275 g/mol. The van der Waals surface area contributed by atoms with Crippen LogP contribution in [0, 0.1) is 18.2 Å². The van der Waals surface area contributed by atoms with Gasteiger partial charge < -0.3 is 11.1 Å². The second kappa shape index (κ2) is 5.87. The summed E-state index contributed by atoms with van der Waals surface area (Å²) < 4.78 is 13.7. The van der Waals surface area contributed by atoms with Crippen LogP contribution in [0.15, 0.2) is 18.2 Å². The topological polar surface area (TPSA) is 55.1 Å². The molecule has 1 saturated carbocycles. The number of benzene rings is 1. The maximum absolute atomic E-state index is 13.7. The van der Waals surface area contributed by atoms with Crippen LogP contribution >= 0.6 is 12.2 Å². The standard InChI is InChI=1S/C15H19FN2OS/c1-10-5-6-11(16)12(9-10)18-14(19)15(13(17)20)7-3-2-4-8-15/h5-6,9H,2-4,7-8H2,1H3,(H2,17,20)(H,18,19). The second-order valence-corrected chi connectivity index (χ2v) is 5.88. The lowest BCUT2D eigenvalue weighted by Crippen LogP contribution is -2.47. The number of anilines is 1. The van der Waals surface area contributed by atoms with Crippen LogP contribution in [0.1, 0.15) is 37.7 Å². The molecule has 108 valence electrons. The Bertz CT molecular complexity index is 539. The van der Waals surface area contributed by atoms with Crippen LogP contribution in [0.25, 0.3) is 0 Å². The second-order valence-electron chi connectivity index (χ2n) is 5.44. The third-order valence-electron chi connectivity index (χ3n) is 3.98. The maximum atomic E-state index is 13.7. The van der Waals surface area contributed by atoms with Crippen LogP contribution in [0.2, 0.25) is 0 Å². The lowest BCUT2D eigenvalue weighted by atomic mass is 9.73. The fourth-order valence-corrected chi connectivity index (χ4v) is 3.01. The molecule has 1 aromatic carbocycles. The van der Waals surface area contributed by atoms with Gasteiger partial charge in [-0.2, -0.15) is 0 Å². The lowest BCUT2D eigenvalue weighted by molar-refractivity contribution is -0.123. The normalized spacial score (nSPS) is 17.5. The Labute approximate surface area is 123 Å². The Morgan fingerprint density at radius 1 is 1.35 bits per heavy atom. The van der Waals surface area contributed by atoms with Gasteiger partial charge in [0.25, 0.3) is 0 Å². The van der Waals surface area contributed by atoms with E-state index in [9.17, 15) is 9.18 Å².